The highest BCUT2D eigenvalue weighted by molar-refractivity contribution is 7.13. The molecule has 0 atom stereocenters. The molecular formula is C16H8ClFN2S. The van der Waals surface area contributed by atoms with Gasteiger partial charge in [0.2, 0.25) is 0 Å². The summed E-state index contributed by atoms with van der Waals surface area (Å²) in [4.78, 5) is 4.52. The number of rotatable bonds is 2. The molecule has 0 fully saturated rings. The molecule has 0 aliphatic rings. The molecule has 0 unspecified atom stereocenters. The lowest BCUT2D eigenvalue weighted by molar-refractivity contribution is 0.628. The second-order valence-corrected chi connectivity index (χ2v) is 5.62. The van der Waals surface area contributed by atoms with E-state index in [0.29, 0.717) is 5.56 Å². The Hall–Kier alpha value is -2.22. The van der Waals surface area contributed by atoms with Crippen LogP contribution in [0.1, 0.15) is 5.56 Å². The molecule has 0 saturated heterocycles. The van der Waals surface area contributed by atoms with Gasteiger partial charge in [-0.25, -0.2) is 9.37 Å². The van der Waals surface area contributed by atoms with E-state index in [-0.39, 0.29) is 5.02 Å². The molecule has 1 aromatic heterocycles. The zero-order chi connectivity index (χ0) is 14.8. The van der Waals surface area contributed by atoms with Gasteiger partial charge in [-0.2, -0.15) is 5.26 Å². The van der Waals surface area contributed by atoms with Gasteiger partial charge in [0, 0.05) is 16.5 Å². The third kappa shape index (κ3) is 2.80. The quantitative estimate of drug-likeness (QED) is 0.656. The SMILES string of the molecule is N#Cc1cccc(-c2csc(-c3ccc(F)c(Cl)c3)n2)c1. The van der Waals surface area contributed by atoms with Crippen LogP contribution in [0.3, 0.4) is 0 Å². The van der Waals surface area contributed by atoms with Crippen LogP contribution in [0.4, 0.5) is 4.39 Å². The van der Waals surface area contributed by atoms with Crippen molar-refractivity contribution in [1.29, 1.82) is 5.26 Å². The van der Waals surface area contributed by atoms with E-state index in [2.05, 4.69) is 11.1 Å². The summed E-state index contributed by atoms with van der Waals surface area (Å²) in [5.74, 6) is -0.445. The predicted octanol–water partition coefficient (Wildman–Crippen LogP) is 5.14. The third-order valence-electron chi connectivity index (χ3n) is 2.96. The van der Waals surface area contributed by atoms with Crippen LogP contribution in [0, 0.1) is 17.1 Å². The van der Waals surface area contributed by atoms with Crippen molar-refractivity contribution in [2.75, 3.05) is 0 Å². The van der Waals surface area contributed by atoms with Crippen LogP contribution in [-0.4, -0.2) is 4.98 Å². The lowest BCUT2D eigenvalue weighted by Gasteiger charge is -1.99. The fraction of sp³-hybridized carbons (Fsp3) is 0. The molecule has 5 heteroatoms. The van der Waals surface area contributed by atoms with E-state index in [1.807, 2.05) is 17.5 Å². The van der Waals surface area contributed by atoms with Gasteiger partial charge in [0.05, 0.1) is 22.3 Å². The Morgan fingerprint density at radius 3 is 2.76 bits per heavy atom. The Morgan fingerprint density at radius 2 is 2.00 bits per heavy atom. The predicted molar refractivity (Wildman–Crippen MR) is 82.7 cm³/mol. The van der Waals surface area contributed by atoms with Crippen LogP contribution in [0.25, 0.3) is 21.8 Å². The van der Waals surface area contributed by atoms with Gasteiger partial charge < -0.3 is 0 Å². The van der Waals surface area contributed by atoms with Gasteiger partial charge in [-0.15, -0.1) is 11.3 Å². The highest BCUT2D eigenvalue weighted by atomic mass is 35.5. The average molecular weight is 315 g/mol. The molecule has 2 aromatic carbocycles. The van der Waals surface area contributed by atoms with E-state index in [0.717, 1.165) is 21.8 Å². The van der Waals surface area contributed by atoms with E-state index in [1.54, 1.807) is 24.3 Å². The Bertz CT molecular complexity index is 851. The number of nitrogens with zero attached hydrogens (tertiary/aromatic N) is 2. The van der Waals surface area contributed by atoms with Gasteiger partial charge >= 0.3 is 0 Å². The summed E-state index contributed by atoms with van der Waals surface area (Å²) in [6.07, 6.45) is 0. The van der Waals surface area contributed by atoms with Crippen LogP contribution in [0.15, 0.2) is 47.8 Å². The monoisotopic (exact) mass is 314 g/mol. The minimum absolute atomic E-state index is 0.0794. The average Bonchev–Trinajstić information content (AvgIpc) is 3.00. The molecule has 0 amide bonds. The molecule has 0 radical (unpaired) electrons. The maximum atomic E-state index is 13.2. The van der Waals surface area contributed by atoms with E-state index in [4.69, 9.17) is 16.9 Å². The second kappa shape index (κ2) is 5.65. The third-order valence-corrected chi connectivity index (χ3v) is 4.14. The Balaban J connectivity index is 1.99. The zero-order valence-corrected chi connectivity index (χ0v) is 12.2. The van der Waals surface area contributed by atoms with Crippen molar-refractivity contribution in [2.24, 2.45) is 0 Å². The molecule has 0 aliphatic heterocycles. The van der Waals surface area contributed by atoms with Crippen molar-refractivity contribution in [3.05, 3.63) is 64.2 Å². The van der Waals surface area contributed by atoms with Gasteiger partial charge in [-0.05, 0) is 30.3 Å². The summed E-state index contributed by atoms with van der Waals surface area (Å²) in [5.41, 5.74) is 3.03. The number of hydrogen-bond acceptors (Lipinski definition) is 3. The fourth-order valence-electron chi connectivity index (χ4n) is 1.92. The molecule has 0 aliphatic carbocycles. The standard InChI is InChI=1S/C16H8ClFN2S/c17-13-7-12(4-5-14(13)18)16-20-15(9-21-16)11-3-1-2-10(6-11)8-19/h1-7,9H. The second-order valence-electron chi connectivity index (χ2n) is 4.36. The van der Waals surface area contributed by atoms with Gasteiger partial charge in [0.1, 0.15) is 10.8 Å². The Kier molecular flexibility index (Phi) is 3.70. The van der Waals surface area contributed by atoms with Gasteiger partial charge in [0.25, 0.3) is 0 Å². The molecule has 0 saturated carbocycles. The minimum atomic E-state index is -0.445. The van der Waals surface area contributed by atoms with Crippen LogP contribution in [0.2, 0.25) is 5.02 Å². The normalized spacial score (nSPS) is 10.3. The van der Waals surface area contributed by atoms with Gasteiger partial charge in [-0.1, -0.05) is 23.7 Å². The number of benzene rings is 2. The molecular weight excluding hydrogens is 307 g/mol. The largest absolute Gasteiger partial charge is 0.236 e. The minimum Gasteiger partial charge on any atom is -0.236 e. The maximum absolute atomic E-state index is 13.2. The summed E-state index contributed by atoms with van der Waals surface area (Å²) in [6, 6.07) is 13.9. The van der Waals surface area contributed by atoms with E-state index in [1.165, 1.54) is 17.4 Å². The number of nitriles is 1. The summed E-state index contributed by atoms with van der Waals surface area (Å²) >= 11 is 7.24. The molecule has 102 valence electrons. The Morgan fingerprint density at radius 1 is 1.14 bits per heavy atom. The highest BCUT2D eigenvalue weighted by Crippen LogP contribution is 2.31. The summed E-state index contributed by atoms with van der Waals surface area (Å²) in [7, 11) is 0. The van der Waals surface area contributed by atoms with Crippen molar-refractivity contribution in [3.8, 4) is 27.9 Å². The first-order valence-electron chi connectivity index (χ1n) is 6.09. The maximum Gasteiger partial charge on any atom is 0.141 e. The molecule has 0 spiro atoms. The number of hydrogen-bond donors (Lipinski definition) is 0. The van der Waals surface area contributed by atoms with Crippen molar-refractivity contribution >= 4 is 22.9 Å². The van der Waals surface area contributed by atoms with E-state index in [9.17, 15) is 4.39 Å². The summed E-state index contributed by atoms with van der Waals surface area (Å²) in [5, 5.41) is 11.7. The molecule has 0 bridgehead atoms. The zero-order valence-electron chi connectivity index (χ0n) is 10.7. The van der Waals surface area contributed by atoms with Crippen molar-refractivity contribution in [2.45, 2.75) is 0 Å². The molecule has 3 rings (SSSR count). The molecule has 21 heavy (non-hydrogen) atoms. The van der Waals surface area contributed by atoms with Crippen LogP contribution in [0.5, 0.6) is 0 Å². The topological polar surface area (TPSA) is 36.7 Å². The van der Waals surface area contributed by atoms with E-state index < -0.39 is 5.82 Å². The molecule has 1 heterocycles. The van der Waals surface area contributed by atoms with Crippen LogP contribution >= 0.6 is 22.9 Å². The van der Waals surface area contributed by atoms with Gasteiger partial charge in [-0.3, -0.25) is 0 Å². The molecule has 0 N–H and O–H groups in total. The first kappa shape index (κ1) is 13.7. The van der Waals surface area contributed by atoms with Gasteiger partial charge in [0.15, 0.2) is 0 Å². The first-order valence-corrected chi connectivity index (χ1v) is 7.34. The lowest BCUT2D eigenvalue weighted by Crippen LogP contribution is -1.83. The van der Waals surface area contributed by atoms with E-state index >= 15 is 0 Å². The smallest absolute Gasteiger partial charge is 0.141 e. The van der Waals surface area contributed by atoms with Crippen molar-refractivity contribution in [1.82, 2.24) is 4.98 Å². The summed E-state index contributed by atoms with van der Waals surface area (Å²) in [6.45, 7) is 0. The Labute approximate surface area is 130 Å². The number of thiazole rings is 1. The van der Waals surface area contributed by atoms with Crippen LogP contribution < -0.4 is 0 Å². The number of halogens is 2. The number of aromatic nitrogens is 1. The highest BCUT2D eigenvalue weighted by Gasteiger charge is 2.09. The first-order chi connectivity index (χ1) is 10.2. The summed E-state index contributed by atoms with van der Waals surface area (Å²) < 4.78 is 13.2. The molecule has 2 nitrogen and oxygen atoms in total. The van der Waals surface area contributed by atoms with Crippen molar-refractivity contribution in [3.63, 3.8) is 0 Å². The molecule has 3 aromatic rings. The van der Waals surface area contributed by atoms with Crippen LogP contribution in [-0.2, 0) is 0 Å². The van der Waals surface area contributed by atoms with Crippen molar-refractivity contribution < 1.29 is 4.39 Å². The lowest BCUT2D eigenvalue weighted by atomic mass is 10.1. The fourth-order valence-corrected chi connectivity index (χ4v) is 2.92.